The number of nitrogens with zero attached hydrogens (tertiary/aromatic N) is 1. The van der Waals surface area contributed by atoms with Gasteiger partial charge in [-0.2, -0.15) is 30.9 Å². The van der Waals surface area contributed by atoms with Gasteiger partial charge in [0, 0.05) is 19.1 Å². The Kier molecular flexibility index (Phi) is 3.19. The molecule has 7 heteroatoms. The fraction of sp³-hybridized carbons (Fsp3) is 0.308. The van der Waals surface area contributed by atoms with Crippen molar-refractivity contribution < 1.29 is 30.9 Å². The minimum absolute atomic E-state index is 0.104. The van der Waals surface area contributed by atoms with Crippen LogP contribution in [0.15, 0.2) is 24.3 Å². The van der Waals surface area contributed by atoms with Crippen LogP contribution < -0.4 is 4.57 Å². The number of rotatable bonds is 0. The van der Waals surface area contributed by atoms with Gasteiger partial charge < -0.3 is 0 Å². The monoisotopic (exact) mass is 294 g/mol. The summed E-state index contributed by atoms with van der Waals surface area (Å²) in [6, 6.07) is 3.51. The van der Waals surface area contributed by atoms with Crippen molar-refractivity contribution in [1.29, 1.82) is 0 Å². The van der Waals surface area contributed by atoms with E-state index in [0.717, 1.165) is 6.07 Å². The Morgan fingerprint density at radius 3 is 2.00 bits per heavy atom. The molecule has 1 aromatic carbocycles. The zero-order valence-corrected chi connectivity index (χ0v) is 10.5. The van der Waals surface area contributed by atoms with Crippen LogP contribution >= 0.6 is 0 Å². The van der Waals surface area contributed by atoms with E-state index in [4.69, 9.17) is 0 Å². The number of alkyl halides is 6. The number of benzene rings is 1. The average molecular weight is 294 g/mol. The van der Waals surface area contributed by atoms with Crippen LogP contribution in [-0.4, -0.2) is 0 Å². The van der Waals surface area contributed by atoms with Crippen molar-refractivity contribution in [2.24, 2.45) is 7.05 Å². The fourth-order valence-corrected chi connectivity index (χ4v) is 1.99. The molecule has 1 aromatic heterocycles. The first-order chi connectivity index (χ1) is 9.01. The fourth-order valence-electron chi connectivity index (χ4n) is 1.99. The molecule has 0 radical (unpaired) electrons. The van der Waals surface area contributed by atoms with Gasteiger partial charge in [0.25, 0.3) is 0 Å². The summed E-state index contributed by atoms with van der Waals surface area (Å²) in [5.74, 6) is 0. The Morgan fingerprint density at radius 2 is 1.50 bits per heavy atom. The van der Waals surface area contributed by atoms with Gasteiger partial charge in [0.05, 0.1) is 16.5 Å². The van der Waals surface area contributed by atoms with Crippen LogP contribution in [0.2, 0.25) is 0 Å². The van der Waals surface area contributed by atoms with E-state index in [1.807, 2.05) is 0 Å². The molecule has 0 aliphatic rings. The lowest BCUT2D eigenvalue weighted by atomic mass is 10.0. The highest BCUT2D eigenvalue weighted by Crippen LogP contribution is 2.39. The van der Waals surface area contributed by atoms with Gasteiger partial charge in [-0.15, -0.1) is 0 Å². The largest absolute Gasteiger partial charge is 0.417 e. The maximum absolute atomic E-state index is 12.9. The van der Waals surface area contributed by atoms with Crippen LogP contribution in [-0.2, 0) is 19.4 Å². The lowest BCUT2D eigenvalue weighted by Gasteiger charge is -2.13. The van der Waals surface area contributed by atoms with Crippen molar-refractivity contribution in [3.63, 3.8) is 0 Å². The minimum Gasteiger partial charge on any atom is -0.199 e. The SMILES string of the molecule is Cc1ccc2c(C(F)(F)F)cc(C(F)(F)F)cc2[n+]1C. The normalized spacial score (nSPS) is 13.0. The molecule has 0 saturated carbocycles. The summed E-state index contributed by atoms with van der Waals surface area (Å²) in [6.45, 7) is 1.60. The van der Waals surface area contributed by atoms with Crippen LogP contribution in [0.1, 0.15) is 16.8 Å². The van der Waals surface area contributed by atoms with Gasteiger partial charge >= 0.3 is 12.4 Å². The summed E-state index contributed by atoms with van der Waals surface area (Å²) in [4.78, 5) is 0. The van der Waals surface area contributed by atoms with Crippen molar-refractivity contribution in [2.45, 2.75) is 19.3 Å². The van der Waals surface area contributed by atoms with Crippen molar-refractivity contribution in [2.75, 3.05) is 0 Å². The number of hydrogen-bond acceptors (Lipinski definition) is 0. The first-order valence-electron chi connectivity index (χ1n) is 5.59. The molecule has 0 amide bonds. The second kappa shape index (κ2) is 4.36. The summed E-state index contributed by atoms with van der Waals surface area (Å²) in [5, 5.41) is -0.251. The third kappa shape index (κ3) is 2.44. The second-order valence-electron chi connectivity index (χ2n) is 4.49. The molecule has 2 aromatic rings. The van der Waals surface area contributed by atoms with Crippen molar-refractivity contribution in [1.82, 2.24) is 0 Å². The number of halogens is 6. The predicted octanol–water partition coefficient (Wildman–Crippen LogP) is 4.01. The summed E-state index contributed by atoms with van der Waals surface area (Å²) in [6.07, 6.45) is -9.67. The molecule has 0 bridgehead atoms. The van der Waals surface area contributed by atoms with Crippen molar-refractivity contribution in [3.8, 4) is 0 Å². The third-order valence-corrected chi connectivity index (χ3v) is 3.17. The number of hydrogen-bond donors (Lipinski definition) is 0. The topological polar surface area (TPSA) is 3.88 Å². The van der Waals surface area contributed by atoms with E-state index in [1.54, 1.807) is 6.92 Å². The quantitative estimate of drug-likeness (QED) is 0.510. The van der Waals surface area contributed by atoms with Crippen LogP contribution in [0.3, 0.4) is 0 Å². The Labute approximate surface area is 110 Å². The summed E-state index contributed by atoms with van der Waals surface area (Å²) in [5.41, 5.74) is -2.13. The molecule has 0 atom stereocenters. The Bertz CT molecular complexity index is 669. The van der Waals surface area contributed by atoms with E-state index in [-0.39, 0.29) is 17.0 Å². The van der Waals surface area contributed by atoms with Gasteiger partial charge in [0.2, 0.25) is 5.52 Å². The first kappa shape index (κ1) is 14.6. The highest BCUT2D eigenvalue weighted by atomic mass is 19.4. The molecule has 0 saturated heterocycles. The molecule has 1 heterocycles. The zero-order valence-electron chi connectivity index (χ0n) is 10.5. The summed E-state index contributed by atoms with van der Waals surface area (Å²) < 4.78 is 78.3. The molecule has 2 rings (SSSR count). The number of aromatic nitrogens is 1. The lowest BCUT2D eigenvalue weighted by molar-refractivity contribution is -0.651. The van der Waals surface area contributed by atoms with Crippen molar-refractivity contribution in [3.05, 3.63) is 41.1 Å². The molecule has 0 aliphatic heterocycles. The molecule has 0 spiro atoms. The molecule has 1 nitrogen and oxygen atoms in total. The van der Waals surface area contributed by atoms with Gasteiger partial charge in [-0.05, 0) is 12.1 Å². The Hall–Kier alpha value is -1.79. The van der Waals surface area contributed by atoms with Gasteiger partial charge in [-0.25, -0.2) is 0 Å². The van der Waals surface area contributed by atoms with Gasteiger partial charge in [0.15, 0.2) is 5.69 Å². The van der Waals surface area contributed by atoms with Gasteiger partial charge in [-0.3, -0.25) is 0 Å². The maximum atomic E-state index is 12.9. The van der Waals surface area contributed by atoms with E-state index >= 15 is 0 Å². The molecular formula is C13H10F6N+. The highest BCUT2D eigenvalue weighted by molar-refractivity contribution is 5.81. The Balaban J connectivity index is 2.93. The number of fused-ring (bicyclic) bond motifs is 1. The molecule has 0 unspecified atom stereocenters. The van der Waals surface area contributed by atoms with E-state index in [2.05, 4.69) is 0 Å². The molecular weight excluding hydrogens is 284 g/mol. The second-order valence-corrected chi connectivity index (χ2v) is 4.49. The smallest absolute Gasteiger partial charge is 0.199 e. The number of pyridine rings is 1. The first-order valence-corrected chi connectivity index (χ1v) is 5.59. The van der Waals surface area contributed by atoms with E-state index in [9.17, 15) is 26.3 Å². The molecule has 0 N–H and O–H groups in total. The minimum atomic E-state index is -4.85. The molecule has 0 aliphatic carbocycles. The average Bonchev–Trinajstić information content (AvgIpc) is 2.30. The summed E-state index contributed by atoms with van der Waals surface area (Å²) in [7, 11) is 1.43. The lowest BCUT2D eigenvalue weighted by Crippen LogP contribution is -2.33. The molecule has 0 fully saturated rings. The molecule has 108 valence electrons. The van der Waals surface area contributed by atoms with Crippen LogP contribution in [0.5, 0.6) is 0 Å². The van der Waals surface area contributed by atoms with Crippen LogP contribution in [0, 0.1) is 6.92 Å². The predicted molar refractivity (Wildman–Crippen MR) is 59.9 cm³/mol. The standard InChI is InChI=1S/C13H10F6N/c1-7-3-4-9-10(13(17,18)19)5-8(12(14,15)16)6-11(9)20(7)2/h3-6H,1-2H3/q+1. The van der Waals surface area contributed by atoms with E-state index in [0.29, 0.717) is 5.69 Å². The summed E-state index contributed by atoms with van der Waals surface area (Å²) >= 11 is 0. The number of aryl methyl sites for hydroxylation is 2. The maximum Gasteiger partial charge on any atom is 0.417 e. The highest BCUT2D eigenvalue weighted by Gasteiger charge is 2.39. The van der Waals surface area contributed by atoms with E-state index in [1.165, 1.54) is 23.7 Å². The van der Waals surface area contributed by atoms with Crippen LogP contribution in [0.25, 0.3) is 10.9 Å². The zero-order chi connectivity index (χ0) is 15.3. The molecule has 20 heavy (non-hydrogen) atoms. The third-order valence-electron chi connectivity index (χ3n) is 3.17. The van der Waals surface area contributed by atoms with Gasteiger partial charge in [0.1, 0.15) is 7.05 Å². The Morgan fingerprint density at radius 1 is 0.900 bits per heavy atom. The van der Waals surface area contributed by atoms with Crippen molar-refractivity contribution >= 4 is 10.9 Å². The van der Waals surface area contributed by atoms with E-state index < -0.39 is 23.5 Å². The van der Waals surface area contributed by atoms with Gasteiger partial charge in [-0.1, -0.05) is 0 Å². The van der Waals surface area contributed by atoms with Crippen LogP contribution in [0.4, 0.5) is 26.3 Å².